The van der Waals surface area contributed by atoms with Crippen LogP contribution in [0.3, 0.4) is 0 Å². The summed E-state index contributed by atoms with van der Waals surface area (Å²) in [6.07, 6.45) is 1.09. The molecule has 1 aromatic carbocycles. The van der Waals surface area contributed by atoms with Gasteiger partial charge in [-0.3, -0.25) is 0 Å². The van der Waals surface area contributed by atoms with Crippen LogP contribution in [0.2, 0.25) is 5.02 Å². The summed E-state index contributed by atoms with van der Waals surface area (Å²) in [5.41, 5.74) is 1.01. The number of hydrogen-bond donors (Lipinski definition) is 2. The predicted octanol–water partition coefficient (Wildman–Crippen LogP) is 2.54. The third-order valence-corrected chi connectivity index (χ3v) is 2.73. The van der Waals surface area contributed by atoms with Crippen LogP contribution < -0.4 is 5.32 Å². The van der Waals surface area contributed by atoms with Crippen LogP contribution in [0.25, 0.3) is 0 Å². The van der Waals surface area contributed by atoms with Gasteiger partial charge < -0.3 is 10.4 Å². The van der Waals surface area contributed by atoms with Crippen LogP contribution in [-0.4, -0.2) is 18.2 Å². The van der Waals surface area contributed by atoms with Crippen LogP contribution in [-0.2, 0) is 0 Å². The number of benzene rings is 1. The number of phenolic OH excluding ortho intramolecular Hbond substituents is 1. The first-order valence-corrected chi connectivity index (χ1v) is 4.84. The Morgan fingerprint density at radius 3 is 2.79 bits per heavy atom. The van der Waals surface area contributed by atoms with E-state index in [4.69, 9.17) is 11.6 Å². The molecule has 1 aliphatic heterocycles. The fourth-order valence-corrected chi connectivity index (χ4v) is 1.95. The van der Waals surface area contributed by atoms with Crippen molar-refractivity contribution in [3.63, 3.8) is 0 Å². The van der Waals surface area contributed by atoms with E-state index in [0.717, 1.165) is 25.1 Å². The minimum Gasteiger partial charge on any atom is -0.508 e. The van der Waals surface area contributed by atoms with Crippen molar-refractivity contribution < 1.29 is 5.11 Å². The SMILES string of the molecule is Cl.Oc1cc(Cl)ccc1C1CCNC1. The second kappa shape index (κ2) is 4.87. The van der Waals surface area contributed by atoms with Crippen molar-refractivity contribution in [3.8, 4) is 5.75 Å². The Labute approximate surface area is 94.7 Å². The van der Waals surface area contributed by atoms with Crippen LogP contribution in [0.5, 0.6) is 5.75 Å². The summed E-state index contributed by atoms with van der Waals surface area (Å²) in [6.45, 7) is 1.99. The second-order valence-electron chi connectivity index (χ2n) is 3.39. The Morgan fingerprint density at radius 1 is 1.43 bits per heavy atom. The monoisotopic (exact) mass is 233 g/mol. The number of aromatic hydroxyl groups is 1. The van der Waals surface area contributed by atoms with E-state index in [-0.39, 0.29) is 12.4 Å². The van der Waals surface area contributed by atoms with Gasteiger partial charge in [0.2, 0.25) is 0 Å². The Kier molecular flexibility index (Phi) is 4.05. The van der Waals surface area contributed by atoms with E-state index in [2.05, 4.69) is 5.32 Å². The van der Waals surface area contributed by atoms with E-state index in [1.807, 2.05) is 12.1 Å². The molecule has 0 spiro atoms. The van der Waals surface area contributed by atoms with Crippen LogP contribution >= 0.6 is 24.0 Å². The first kappa shape index (κ1) is 11.6. The Balaban J connectivity index is 0.000000980. The van der Waals surface area contributed by atoms with Crippen molar-refractivity contribution in [1.82, 2.24) is 5.32 Å². The fraction of sp³-hybridized carbons (Fsp3) is 0.400. The minimum atomic E-state index is 0. The lowest BCUT2D eigenvalue weighted by Gasteiger charge is -2.10. The highest BCUT2D eigenvalue weighted by Gasteiger charge is 2.19. The summed E-state index contributed by atoms with van der Waals surface area (Å²) < 4.78 is 0. The van der Waals surface area contributed by atoms with E-state index < -0.39 is 0 Å². The number of nitrogens with one attached hydrogen (secondary N) is 1. The minimum absolute atomic E-state index is 0. The topological polar surface area (TPSA) is 32.3 Å². The highest BCUT2D eigenvalue weighted by molar-refractivity contribution is 6.30. The average Bonchev–Trinajstić information content (AvgIpc) is 2.56. The second-order valence-corrected chi connectivity index (χ2v) is 3.83. The van der Waals surface area contributed by atoms with Gasteiger partial charge in [0.05, 0.1) is 0 Å². The molecule has 0 bridgehead atoms. The summed E-state index contributed by atoms with van der Waals surface area (Å²) in [5, 5.41) is 13.5. The number of phenols is 1. The largest absolute Gasteiger partial charge is 0.508 e. The number of rotatable bonds is 1. The molecule has 0 aromatic heterocycles. The molecule has 1 aliphatic rings. The van der Waals surface area contributed by atoms with Gasteiger partial charge in [0.1, 0.15) is 5.75 Å². The molecule has 2 rings (SSSR count). The van der Waals surface area contributed by atoms with Gasteiger partial charge in [-0.25, -0.2) is 0 Å². The lowest BCUT2D eigenvalue weighted by atomic mass is 9.98. The molecular weight excluding hydrogens is 221 g/mol. The molecule has 1 heterocycles. The lowest BCUT2D eigenvalue weighted by Crippen LogP contribution is -2.07. The van der Waals surface area contributed by atoms with Crippen molar-refractivity contribution in [2.75, 3.05) is 13.1 Å². The molecule has 1 unspecified atom stereocenters. The lowest BCUT2D eigenvalue weighted by molar-refractivity contribution is 0.463. The maximum atomic E-state index is 9.64. The van der Waals surface area contributed by atoms with E-state index in [9.17, 15) is 5.11 Å². The Bertz CT molecular complexity index is 311. The molecule has 1 fully saturated rings. The molecule has 1 aromatic rings. The molecule has 2 N–H and O–H groups in total. The third kappa shape index (κ3) is 2.32. The van der Waals surface area contributed by atoms with Crippen molar-refractivity contribution in [2.45, 2.75) is 12.3 Å². The molecule has 78 valence electrons. The third-order valence-electron chi connectivity index (χ3n) is 2.49. The molecule has 0 saturated carbocycles. The Hall–Kier alpha value is -0.440. The van der Waals surface area contributed by atoms with Crippen LogP contribution in [0.15, 0.2) is 18.2 Å². The van der Waals surface area contributed by atoms with Gasteiger partial charge in [-0.2, -0.15) is 0 Å². The van der Waals surface area contributed by atoms with Crippen molar-refractivity contribution >= 4 is 24.0 Å². The van der Waals surface area contributed by atoms with E-state index >= 15 is 0 Å². The van der Waals surface area contributed by atoms with Gasteiger partial charge >= 0.3 is 0 Å². The standard InChI is InChI=1S/C10H12ClNO.ClH/c11-8-1-2-9(10(13)5-8)7-3-4-12-6-7;/h1-2,5,7,12-13H,3-4,6H2;1H. The molecule has 1 atom stereocenters. The van der Waals surface area contributed by atoms with Gasteiger partial charge in [0.15, 0.2) is 0 Å². The molecule has 0 radical (unpaired) electrons. The summed E-state index contributed by atoms with van der Waals surface area (Å²) in [5.74, 6) is 0.762. The van der Waals surface area contributed by atoms with E-state index in [0.29, 0.717) is 16.7 Å². The normalized spacial score (nSPS) is 20.5. The van der Waals surface area contributed by atoms with E-state index in [1.165, 1.54) is 0 Å². The molecule has 2 nitrogen and oxygen atoms in total. The molecule has 4 heteroatoms. The number of halogens is 2. The maximum absolute atomic E-state index is 9.64. The zero-order chi connectivity index (χ0) is 9.26. The zero-order valence-electron chi connectivity index (χ0n) is 7.66. The van der Waals surface area contributed by atoms with Gasteiger partial charge in [0.25, 0.3) is 0 Å². The maximum Gasteiger partial charge on any atom is 0.120 e. The summed E-state index contributed by atoms with van der Waals surface area (Å²) in [4.78, 5) is 0. The quantitative estimate of drug-likeness (QED) is 0.782. The van der Waals surface area contributed by atoms with Crippen molar-refractivity contribution in [2.24, 2.45) is 0 Å². The van der Waals surface area contributed by atoms with Crippen LogP contribution in [0.4, 0.5) is 0 Å². The van der Waals surface area contributed by atoms with Gasteiger partial charge in [0, 0.05) is 17.5 Å². The molecular formula is C10H13Cl2NO. The molecule has 0 aliphatic carbocycles. The smallest absolute Gasteiger partial charge is 0.120 e. The summed E-state index contributed by atoms with van der Waals surface area (Å²) in [6, 6.07) is 5.35. The van der Waals surface area contributed by atoms with Gasteiger partial charge in [-0.05, 0) is 30.7 Å². The number of hydrogen-bond acceptors (Lipinski definition) is 2. The molecule has 0 amide bonds. The fourth-order valence-electron chi connectivity index (χ4n) is 1.78. The first-order chi connectivity index (χ1) is 6.27. The van der Waals surface area contributed by atoms with E-state index in [1.54, 1.807) is 6.07 Å². The van der Waals surface area contributed by atoms with Gasteiger partial charge in [-0.1, -0.05) is 17.7 Å². The van der Waals surface area contributed by atoms with Crippen molar-refractivity contribution in [3.05, 3.63) is 28.8 Å². The predicted molar refractivity (Wildman–Crippen MR) is 60.6 cm³/mol. The van der Waals surface area contributed by atoms with Gasteiger partial charge in [-0.15, -0.1) is 12.4 Å². The summed E-state index contributed by atoms with van der Waals surface area (Å²) >= 11 is 5.75. The highest BCUT2D eigenvalue weighted by atomic mass is 35.5. The Morgan fingerprint density at radius 2 is 2.21 bits per heavy atom. The average molecular weight is 234 g/mol. The first-order valence-electron chi connectivity index (χ1n) is 4.46. The zero-order valence-corrected chi connectivity index (χ0v) is 9.24. The molecule has 1 saturated heterocycles. The van der Waals surface area contributed by atoms with Crippen LogP contribution in [0.1, 0.15) is 17.9 Å². The highest BCUT2D eigenvalue weighted by Crippen LogP contribution is 2.31. The molecule has 14 heavy (non-hydrogen) atoms. The van der Waals surface area contributed by atoms with Crippen LogP contribution in [0, 0.1) is 0 Å². The van der Waals surface area contributed by atoms with Crippen molar-refractivity contribution in [1.29, 1.82) is 0 Å². The summed E-state index contributed by atoms with van der Waals surface area (Å²) in [7, 11) is 0.